The van der Waals surface area contributed by atoms with Crippen LogP contribution in [0.5, 0.6) is 0 Å². The lowest BCUT2D eigenvalue weighted by Crippen LogP contribution is -2.12. The van der Waals surface area contributed by atoms with E-state index in [1.165, 1.54) is 0 Å². The number of rotatable bonds is 5. The van der Waals surface area contributed by atoms with E-state index in [4.69, 9.17) is 4.74 Å². The second-order valence-corrected chi connectivity index (χ2v) is 4.20. The monoisotopic (exact) mass is 218 g/mol. The fourth-order valence-corrected chi connectivity index (χ4v) is 1.31. The van der Waals surface area contributed by atoms with Crippen LogP contribution in [0.3, 0.4) is 0 Å². The second-order valence-electron chi connectivity index (χ2n) is 4.20. The number of esters is 1. The number of carbonyl (C=O) groups is 1. The Kier molecular flexibility index (Phi) is 4.77. The molecule has 1 aromatic rings. The molecule has 2 heteroatoms. The Hall–Kier alpha value is -1.57. The first-order valence-corrected chi connectivity index (χ1v) is 5.49. The first-order chi connectivity index (χ1) is 7.61. The molecule has 86 valence electrons. The number of hydrogen-bond acceptors (Lipinski definition) is 2. The standard InChI is InChI=1S/C14H18O2/c1-4-12-6-5-7-13(8-12)9-14(15)16-10-11(2)3/h4-8,11H,1,9-10H2,2-3H3. The largest absolute Gasteiger partial charge is 0.465 e. The minimum absolute atomic E-state index is 0.171. The summed E-state index contributed by atoms with van der Waals surface area (Å²) in [6.07, 6.45) is 2.09. The molecule has 0 amide bonds. The second kappa shape index (κ2) is 6.11. The molecule has 0 heterocycles. The van der Waals surface area contributed by atoms with Crippen LogP contribution >= 0.6 is 0 Å². The maximum absolute atomic E-state index is 11.5. The van der Waals surface area contributed by atoms with Crippen LogP contribution in [0.2, 0.25) is 0 Å². The van der Waals surface area contributed by atoms with Crippen molar-refractivity contribution in [1.82, 2.24) is 0 Å². The van der Waals surface area contributed by atoms with Crippen molar-refractivity contribution in [3.8, 4) is 0 Å². The van der Waals surface area contributed by atoms with E-state index in [0.29, 0.717) is 18.9 Å². The van der Waals surface area contributed by atoms with Gasteiger partial charge in [-0.05, 0) is 17.0 Å². The third-order valence-electron chi connectivity index (χ3n) is 2.11. The molecule has 0 saturated carbocycles. The zero-order valence-corrected chi connectivity index (χ0v) is 9.90. The average Bonchev–Trinajstić information content (AvgIpc) is 2.26. The summed E-state index contributed by atoms with van der Waals surface area (Å²) in [6.45, 7) is 8.22. The van der Waals surface area contributed by atoms with Gasteiger partial charge in [-0.3, -0.25) is 4.79 Å². The van der Waals surface area contributed by atoms with Crippen molar-refractivity contribution in [1.29, 1.82) is 0 Å². The van der Waals surface area contributed by atoms with Gasteiger partial charge in [-0.15, -0.1) is 0 Å². The molecular formula is C14H18O2. The Morgan fingerprint density at radius 2 is 2.25 bits per heavy atom. The maximum atomic E-state index is 11.5. The average molecular weight is 218 g/mol. The number of ether oxygens (including phenoxy) is 1. The predicted molar refractivity (Wildman–Crippen MR) is 66.0 cm³/mol. The van der Waals surface area contributed by atoms with Crippen molar-refractivity contribution in [2.24, 2.45) is 5.92 Å². The molecule has 16 heavy (non-hydrogen) atoms. The van der Waals surface area contributed by atoms with Crippen molar-refractivity contribution < 1.29 is 9.53 Å². The van der Waals surface area contributed by atoms with Crippen LogP contribution in [0, 0.1) is 5.92 Å². The lowest BCUT2D eigenvalue weighted by atomic mass is 10.1. The van der Waals surface area contributed by atoms with E-state index >= 15 is 0 Å². The van der Waals surface area contributed by atoms with Gasteiger partial charge in [0.25, 0.3) is 0 Å². The Balaban J connectivity index is 2.52. The van der Waals surface area contributed by atoms with Crippen molar-refractivity contribution in [3.05, 3.63) is 42.0 Å². The van der Waals surface area contributed by atoms with Crippen LogP contribution in [0.4, 0.5) is 0 Å². The molecule has 0 N–H and O–H groups in total. The van der Waals surface area contributed by atoms with Crippen molar-refractivity contribution in [2.75, 3.05) is 6.61 Å². The van der Waals surface area contributed by atoms with Gasteiger partial charge < -0.3 is 4.74 Å². The van der Waals surface area contributed by atoms with Crippen LogP contribution in [-0.2, 0) is 16.0 Å². The fraction of sp³-hybridized carbons (Fsp3) is 0.357. The van der Waals surface area contributed by atoms with Crippen molar-refractivity contribution in [2.45, 2.75) is 20.3 Å². The minimum Gasteiger partial charge on any atom is -0.465 e. The van der Waals surface area contributed by atoms with Gasteiger partial charge in [-0.1, -0.05) is 50.8 Å². The third-order valence-corrected chi connectivity index (χ3v) is 2.11. The highest BCUT2D eigenvalue weighted by molar-refractivity contribution is 5.72. The highest BCUT2D eigenvalue weighted by Gasteiger charge is 2.05. The smallest absolute Gasteiger partial charge is 0.310 e. The lowest BCUT2D eigenvalue weighted by molar-refractivity contribution is -0.143. The molecule has 0 aromatic heterocycles. The molecule has 0 bridgehead atoms. The molecule has 0 aliphatic carbocycles. The van der Waals surface area contributed by atoms with Crippen LogP contribution in [0.1, 0.15) is 25.0 Å². The lowest BCUT2D eigenvalue weighted by Gasteiger charge is -2.07. The molecule has 0 fully saturated rings. The van der Waals surface area contributed by atoms with Crippen LogP contribution in [-0.4, -0.2) is 12.6 Å². The third kappa shape index (κ3) is 4.30. The summed E-state index contributed by atoms with van der Waals surface area (Å²) < 4.78 is 5.12. The van der Waals surface area contributed by atoms with Crippen LogP contribution in [0.15, 0.2) is 30.8 Å². The fourth-order valence-electron chi connectivity index (χ4n) is 1.31. The first kappa shape index (κ1) is 12.5. The van der Waals surface area contributed by atoms with E-state index < -0.39 is 0 Å². The first-order valence-electron chi connectivity index (χ1n) is 5.49. The Bertz CT molecular complexity index is 367. The summed E-state index contributed by atoms with van der Waals surface area (Å²) in [5.41, 5.74) is 1.99. The summed E-state index contributed by atoms with van der Waals surface area (Å²) in [4.78, 5) is 11.5. The summed E-state index contributed by atoms with van der Waals surface area (Å²) in [7, 11) is 0. The van der Waals surface area contributed by atoms with E-state index in [9.17, 15) is 4.79 Å². The molecule has 0 saturated heterocycles. The zero-order valence-electron chi connectivity index (χ0n) is 9.90. The summed E-state index contributed by atoms with van der Waals surface area (Å²) >= 11 is 0. The Morgan fingerprint density at radius 1 is 1.50 bits per heavy atom. The quantitative estimate of drug-likeness (QED) is 0.710. The Morgan fingerprint density at radius 3 is 2.88 bits per heavy atom. The van der Waals surface area contributed by atoms with Crippen molar-refractivity contribution in [3.63, 3.8) is 0 Å². The van der Waals surface area contributed by atoms with Gasteiger partial charge in [0.05, 0.1) is 13.0 Å². The van der Waals surface area contributed by atoms with Crippen LogP contribution in [0.25, 0.3) is 6.08 Å². The van der Waals surface area contributed by atoms with Gasteiger partial charge >= 0.3 is 5.97 Å². The molecule has 0 atom stereocenters. The van der Waals surface area contributed by atoms with E-state index in [1.807, 2.05) is 38.1 Å². The molecule has 0 unspecified atom stereocenters. The SMILES string of the molecule is C=Cc1cccc(CC(=O)OCC(C)C)c1. The summed E-state index contributed by atoms with van der Waals surface area (Å²) in [5.74, 6) is 0.207. The van der Waals surface area contributed by atoms with Gasteiger partial charge in [-0.25, -0.2) is 0 Å². The number of benzene rings is 1. The highest BCUT2D eigenvalue weighted by Crippen LogP contribution is 2.08. The molecule has 2 nitrogen and oxygen atoms in total. The summed E-state index contributed by atoms with van der Waals surface area (Å²) in [6, 6.07) is 7.74. The molecule has 0 spiro atoms. The molecular weight excluding hydrogens is 200 g/mol. The number of carbonyl (C=O) groups excluding carboxylic acids is 1. The van der Waals surface area contributed by atoms with Crippen molar-refractivity contribution >= 4 is 12.0 Å². The van der Waals surface area contributed by atoms with Gasteiger partial charge in [0.15, 0.2) is 0 Å². The molecule has 0 aliphatic heterocycles. The predicted octanol–water partition coefficient (Wildman–Crippen LogP) is 3.07. The minimum atomic E-state index is -0.171. The van der Waals surface area contributed by atoms with E-state index in [0.717, 1.165) is 11.1 Å². The Labute approximate surface area is 96.9 Å². The summed E-state index contributed by atoms with van der Waals surface area (Å²) in [5, 5.41) is 0. The van der Waals surface area contributed by atoms with Gasteiger partial charge in [0.1, 0.15) is 0 Å². The molecule has 0 aliphatic rings. The van der Waals surface area contributed by atoms with Crippen LogP contribution < -0.4 is 0 Å². The molecule has 1 rings (SSSR count). The van der Waals surface area contributed by atoms with Gasteiger partial charge in [-0.2, -0.15) is 0 Å². The molecule has 1 aromatic carbocycles. The number of hydrogen-bond donors (Lipinski definition) is 0. The van der Waals surface area contributed by atoms with E-state index in [1.54, 1.807) is 6.08 Å². The topological polar surface area (TPSA) is 26.3 Å². The van der Waals surface area contributed by atoms with Gasteiger partial charge in [0, 0.05) is 0 Å². The normalized spacial score (nSPS) is 10.2. The van der Waals surface area contributed by atoms with E-state index in [2.05, 4.69) is 6.58 Å². The zero-order chi connectivity index (χ0) is 12.0. The van der Waals surface area contributed by atoms with Gasteiger partial charge in [0.2, 0.25) is 0 Å². The highest BCUT2D eigenvalue weighted by atomic mass is 16.5. The maximum Gasteiger partial charge on any atom is 0.310 e. The van der Waals surface area contributed by atoms with E-state index in [-0.39, 0.29) is 5.97 Å². The molecule has 0 radical (unpaired) electrons.